The van der Waals surface area contributed by atoms with Crippen molar-refractivity contribution in [1.29, 1.82) is 0 Å². The normalized spacial score (nSPS) is 15.9. The molecule has 0 unspecified atom stereocenters. The second kappa shape index (κ2) is 8.45. The first kappa shape index (κ1) is 23.0. The first-order valence-corrected chi connectivity index (χ1v) is 12.5. The minimum atomic E-state index is -4.17. The molecule has 1 fully saturated rings. The van der Waals surface area contributed by atoms with Gasteiger partial charge in [0, 0.05) is 16.9 Å². The Hall–Kier alpha value is -1.68. The number of aromatic nitrogens is 1. The maximum Gasteiger partial charge on any atom is 0.333 e. The molecule has 0 spiro atoms. The van der Waals surface area contributed by atoms with Crippen LogP contribution in [0.1, 0.15) is 74.8 Å². The van der Waals surface area contributed by atoms with E-state index < -0.39 is 21.7 Å². The molecule has 1 saturated carbocycles. The fourth-order valence-electron chi connectivity index (χ4n) is 3.37. The summed E-state index contributed by atoms with van der Waals surface area (Å²) in [5.41, 5.74) is 1.20. The van der Waals surface area contributed by atoms with Gasteiger partial charge in [0.05, 0.1) is 4.88 Å². The van der Waals surface area contributed by atoms with Crippen LogP contribution in [0.2, 0.25) is 5.02 Å². The topological polar surface area (TPSA) is 108 Å². The van der Waals surface area contributed by atoms with Gasteiger partial charge in [0.25, 0.3) is 10.0 Å². The van der Waals surface area contributed by atoms with Crippen LogP contribution in [-0.4, -0.2) is 24.5 Å². The second-order valence-electron chi connectivity index (χ2n) is 8.20. The lowest BCUT2D eigenvalue weighted by atomic mass is 9.79. The third-order valence-corrected chi connectivity index (χ3v) is 8.36. The van der Waals surface area contributed by atoms with Crippen LogP contribution < -0.4 is 10.0 Å². The molecule has 1 aromatic carbocycles. The number of rotatable bonds is 6. The van der Waals surface area contributed by atoms with E-state index in [1.165, 1.54) is 6.20 Å². The van der Waals surface area contributed by atoms with Gasteiger partial charge in [-0.1, -0.05) is 39.3 Å². The fourth-order valence-corrected chi connectivity index (χ4v) is 5.80. The van der Waals surface area contributed by atoms with Crippen molar-refractivity contribution < 1.29 is 18.3 Å². The molecule has 0 atom stereocenters. The van der Waals surface area contributed by atoms with E-state index in [1.807, 2.05) is 32.4 Å². The summed E-state index contributed by atoms with van der Waals surface area (Å²) in [4.78, 5) is 17.0. The van der Waals surface area contributed by atoms with Gasteiger partial charge in [-0.3, -0.25) is 0 Å². The van der Waals surface area contributed by atoms with E-state index in [-0.39, 0.29) is 16.2 Å². The minimum Gasteiger partial charge on any atom is -0.384 e. The Kier molecular flexibility index (Phi) is 6.48. The summed E-state index contributed by atoms with van der Waals surface area (Å²) in [5, 5.41) is 13.6. The first-order chi connectivity index (χ1) is 13.9. The summed E-state index contributed by atoms with van der Waals surface area (Å²) in [6.45, 7) is 7.88. The van der Waals surface area contributed by atoms with Crippen molar-refractivity contribution in [3.63, 3.8) is 0 Å². The van der Waals surface area contributed by atoms with Crippen LogP contribution in [0.15, 0.2) is 22.7 Å². The summed E-state index contributed by atoms with van der Waals surface area (Å²) in [6.07, 6.45) is 3.40. The SMILES string of the molecule is CC(C)c1cc(Cl)cc(C(C)C)c1NC(=O)NS(=O)(=O)c1ncc(C2(O)CCC2)s1. The molecule has 10 heteroatoms. The Labute approximate surface area is 185 Å². The van der Waals surface area contributed by atoms with Crippen molar-refractivity contribution in [2.45, 2.75) is 68.7 Å². The lowest BCUT2D eigenvalue weighted by Gasteiger charge is -2.35. The van der Waals surface area contributed by atoms with Gasteiger partial charge in [0.15, 0.2) is 0 Å². The zero-order valence-electron chi connectivity index (χ0n) is 17.3. The maximum atomic E-state index is 12.6. The summed E-state index contributed by atoms with van der Waals surface area (Å²) in [5.74, 6) is 0.135. The highest BCUT2D eigenvalue weighted by atomic mass is 35.5. The molecule has 1 heterocycles. The number of carbonyl (C=O) groups excluding carboxylic acids is 1. The summed E-state index contributed by atoms with van der Waals surface area (Å²) >= 11 is 7.12. The molecule has 3 N–H and O–H groups in total. The van der Waals surface area contributed by atoms with Crippen LogP contribution in [-0.2, 0) is 15.6 Å². The molecule has 0 aliphatic heterocycles. The molecule has 2 amide bonds. The van der Waals surface area contributed by atoms with E-state index in [2.05, 4.69) is 10.3 Å². The molecule has 0 saturated heterocycles. The number of nitrogens with one attached hydrogen (secondary N) is 2. The Morgan fingerprint density at radius 3 is 2.23 bits per heavy atom. The third kappa shape index (κ3) is 4.64. The maximum absolute atomic E-state index is 12.6. The zero-order chi connectivity index (χ0) is 22.3. The number of sulfonamides is 1. The second-order valence-corrected chi connectivity index (χ2v) is 11.5. The minimum absolute atomic E-state index is 0.0675. The molecule has 164 valence electrons. The number of aliphatic hydroxyl groups is 1. The molecule has 0 radical (unpaired) electrons. The number of hydrogen-bond acceptors (Lipinski definition) is 6. The van der Waals surface area contributed by atoms with Gasteiger partial charge < -0.3 is 10.4 Å². The Morgan fingerprint density at radius 2 is 1.77 bits per heavy atom. The van der Waals surface area contributed by atoms with Gasteiger partial charge >= 0.3 is 6.03 Å². The molecule has 1 aliphatic carbocycles. The largest absolute Gasteiger partial charge is 0.384 e. The van der Waals surface area contributed by atoms with Gasteiger partial charge in [0.2, 0.25) is 4.34 Å². The number of anilines is 1. The number of nitrogens with zero attached hydrogens (tertiary/aromatic N) is 1. The first-order valence-electron chi connectivity index (χ1n) is 9.79. The highest BCUT2D eigenvalue weighted by molar-refractivity contribution is 7.92. The van der Waals surface area contributed by atoms with E-state index in [9.17, 15) is 18.3 Å². The van der Waals surface area contributed by atoms with E-state index >= 15 is 0 Å². The Balaban J connectivity index is 1.83. The molecule has 1 aromatic heterocycles. The predicted molar refractivity (Wildman–Crippen MR) is 119 cm³/mol. The number of amides is 2. The van der Waals surface area contributed by atoms with E-state index in [1.54, 1.807) is 12.1 Å². The van der Waals surface area contributed by atoms with Crippen LogP contribution in [0, 0.1) is 0 Å². The van der Waals surface area contributed by atoms with Crippen LogP contribution >= 0.6 is 22.9 Å². The van der Waals surface area contributed by atoms with Crippen molar-refractivity contribution >= 4 is 44.7 Å². The van der Waals surface area contributed by atoms with Crippen LogP contribution in [0.4, 0.5) is 10.5 Å². The molecular formula is C20H26ClN3O4S2. The van der Waals surface area contributed by atoms with Gasteiger partial charge in [-0.15, -0.1) is 11.3 Å². The quantitative estimate of drug-likeness (QED) is 0.553. The third-order valence-electron chi connectivity index (χ3n) is 5.23. The van der Waals surface area contributed by atoms with Gasteiger partial charge in [-0.05, 0) is 54.4 Å². The lowest BCUT2D eigenvalue weighted by Crippen LogP contribution is -2.35. The number of urea groups is 1. The summed E-state index contributed by atoms with van der Waals surface area (Å²) in [6, 6.07) is 2.67. The van der Waals surface area contributed by atoms with Gasteiger partial charge in [-0.25, -0.2) is 14.5 Å². The number of benzene rings is 1. The number of hydrogen-bond donors (Lipinski definition) is 3. The van der Waals surface area contributed by atoms with Gasteiger partial charge in [0.1, 0.15) is 5.60 Å². The van der Waals surface area contributed by atoms with Crippen LogP contribution in [0.3, 0.4) is 0 Å². The fraction of sp³-hybridized carbons (Fsp3) is 0.500. The highest BCUT2D eigenvalue weighted by Gasteiger charge is 2.39. The van der Waals surface area contributed by atoms with Crippen molar-refractivity contribution in [2.75, 3.05) is 5.32 Å². The summed E-state index contributed by atoms with van der Waals surface area (Å²) < 4.78 is 27.1. The summed E-state index contributed by atoms with van der Waals surface area (Å²) in [7, 11) is -4.17. The predicted octanol–water partition coefficient (Wildman–Crippen LogP) is 4.93. The molecular weight excluding hydrogens is 446 g/mol. The average molecular weight is 472 g/mol. The van der Waals surface area contributed by atoms with Crippen molar-refractivity contribution in [3.05, 3.63) is 39.4 Å². The Bertz CT molecular complexity index is 1030. The van der Waals surface area contributed by atoms with Crippen molar-refractivity contribution in [3.8, 4) is 0 Å². The molecule has 1 aliphatic rings. The molecule has 2 aromatic rings. The number of carbonyl (C=O) groups is 1. The van der Waals surface area contributed by atoms with Crippen molar-refractivity contribution in [2.24, 2.45) is 0 Å². The van der Waals surface area contributed by atoms with E-state index in [0.717, 1.165) is 28.9 Å². The number of halogens is 1. The molecule has 3 rings (SSSR count). The van der Waals surface area contributed by atoms with Crippen molar-refractivity contribution in [1.82, 2.24) is 9.71 Å². The number of thiazole rings is 1. The van der Waals surface area contributed by atoms with E-state index in [4.69, 9.17) is 11.6 Å². The van der Waals surface area contributed by atoms with Gasteiger partial charge in [-0.2, -0.15) is 8.42 Å². The smallest absolute Gasteiger partial charge is 0.333 e. The van der Waals surface area contributed by atoms with Crippen LogP contribution in [0.25, 0.3) is 0 Å². The average Bonchev–Trinajstić information content (AvgIpc) is 3.11. The molecule has 7 nitrogen and oxygen atoms in total. The zero-order valence-corrected chi connectivity index (χ0v) is 19.7. The Morgan fingerprint density at radius 1 is 1.20 bits per heavy atom. The molecule has 30 heavy (non-hydrogen) atoms. The monoisotopic (exact) mass is 471 g/mol. The standard InChI is InChI=1S/C20H26ClN3O4S2/c1-11(2)14-8-13(21)9-15(12(3)4)17(14)23-18(25)24-30(27,28)19-22-10-16(29-19)20(26)6-5-7-20/h8-12,26H,5-7H2,1-4H3,(H2,23,24,25). The lowest BCUT2D eigenvalue weighted by molar-refractivity contribution is -0.0356. The highest BCUT2D eigenvalue weighted by Crippen LogP contribution is 2.43. The van der Waals surface area contributed by atoms with E-state index in [0.29, 0.717) is 28.4 Å². The molecule has 0 bridgehead atoms. The van der Waals surface area contributed by atoms with Crippen LogP contribution in [0.5, 0.6) is 0 Å².